The molecule has 1 aromatic carbocycles. The van der Waals surface area contributed by atoms with Gasteiger partial charge in [0.15, 0.2) is 0 Å². The van der Waals surface area contributed by atoms with Crippen molar-refractivity contribution >= 4 is 12.6 Å². The second-order valence-electron chi connectivity index (χ2n) is 6.29. The van der Waals surface area contributed by atoms with Crippen molar-refractivity contribution in [3.05, 3.63) is 40.6 Å². The average Bonchev–Trinajstić information content (AvgIpc) is 3.07. The van der Waals surface area contributed by atoms with E-state index < -0.39 is 0 Å². The van der Waals surface area contributed by atoms with Gasteiger partial charge >= 0.3 is 0 Å². The highest BCUT2D eigenvalue weighted by Gasteiger charge is 2.23. The van der Waals surface area contributed by atoms with E-state index in [1.54, 1.807) is 0 Å². The maximum Gasteiger partial charge on any atom is 0.231 e. The Morgan fingerprint density at radius 2 is 2.25 bits per heavy atom. The number of benzene rings is 1. The quantitative estimate of drug-likeness (QED) is 0.634. The highest BCUT2D eigenvalue weighted by atomic mass is 16.5. The predicted molar refractivity (Wildman–Crippen MR) is 95.5 cm³/mol. The summed E-state index contributed by atoms with van der Waals surface area (Å²) in [6.07, 6.45) is 1.83. The van der Waals surface area contributed by atoms with Crippen LogP contribution < -0.4 is 4.74 Å². The van der Waals surface area contributed by atoms with Crippen molar-refractivity contribution < 1.29 is 4.74 Å². The number of fused-ring (bicyclic) bond motifs is 1. The Morgan fingerprint density at radius 1 is 1.42 bits per heavy atom. The molecule has 0 amide bonds. The van der Waals surface area contributed by atoms with Crippen molar-refractivity contribution in [1.29, 1.82) is 5.26 Å². The Labute approximate surface area is 143 Å². The van der Waals surface area contributed by atoms with E-state index in [-0.39, 0.29) is 5.84 Å². The van der Waals surface area contributed by atoms with Crippen molar-refractivity contribution in [2.75, 3.05) is 19.7 Å². The molecule has 0 fully saturated rings. The number of hydrogen-bond acceptors (Lipinski definition) is 4. The first-order chi connectivity index (χ1) is 11.6. The highest BCUT2D eigenvalue weighted by Crippen LogP contribution is 2.32. The number of ether oxygens (including phenoxy) is 1. The Balaban J connectivity index is 1.76. The zero-order valence-electron chi connectivity index (χ0n) is 14.2. The van der Waals surface area contributed by atoms with Gasteiger partial charge in [-0.3, -0.25) is 4.90 Å². The summed E-state index contributed by atoms with van der Waals surface area (Å²) in [5, 5.41) is 8.95. The molecule has 0 saturated carbocycles. The van der Waals surface area contributed by atoms with E-state index in [0.29, 0.717) is 6.04 Å². The summed E-state index contributed by atoms with van der Waals surface area (Å²) in [5.74, 6) is 1.17. The van der Waals surface area contributed by atoms with E-state index in [0.717, 1.165) is 44.0 Å². The third kappa shape index (κ3) is 3.24. The van der Waals surface area contributed by atoms with Crippen LogP contribution in [0.1, 0.15) is 37.4 Å². The lowest BCUT2D eigenvalue weighted by Crippen LogP contribution is -2.33. The number of hydrogen-bond donors (Lipinski definition) is 0. The molecule has 0 radical (unpaired) electrons. The molecule has 2 aliphatic heterocycles. The zero-order chi connectivity index (χ0) is 17.1. The molecule has 0 saturated heterocycles. The molecule has 5 nitrogen and oxygen atoms in total. The minimum atomic E-state index is 0.140. The summed E-state index contributed by atoms with van der Waals surface area (Å²) in [6, 6.07) is 8.85. The molecular weight excluding hydrogens is 300 g/mol. The molecule has 124 valence electrons. The summed E-state index contributed by atoms with van der Waals surface area (Å²) in [6.45, 7) is 10.2. The molecule has 5 heteroatoms. The number of nitrogens with zero attached hydrogens (tertiary/aromatic N) is 4. The minimum Gasteiger partial charge on any atom is -0.493 e. The first-order valence-electron chi connectivity index (χ1n) is 8.26. The van der Waals surface area contributed by atoms with Crippen LogP contribution >= 0.6 is 0 Å². The molecule has 1 unspecified atom stereocenters. The van der Waals surface area contributed by atoms with Gasteiger partial charge in [0.2, 0.25) is 5.84 Å². The molecule has 0 aromatic heterocycles. The van der Waals surface area contributed by atoms with Gasteiger partial charge in [-0.1, -0.05) is 12.1 Å². The van der Waals surface area contributed by atoms with E-state index in [1.165, 1.54) is 16.7 Å². The SMILES string of the molecule is C=N/C(C#N)=N\C1=C(C)CN(C(C)c2ccc3c(c2)OCC3)CC1. The average molecular weight is 322 g/mol. The van der Waals surface area contributed by atoms with Crippen molar-refractivity contribution in [3.8, 4) is 11.8 Å². The number of nitriles is 1. The number of rotatable bonds is 3. The van der Waals surface area contributed by atoms with Crippen LogP contribution in [0.15, 0.2) is 39.5 Å². The summed E-state index contributed by atoms with van der Waals surface area (Å²) >= 11 is 0. The maximum absolute atomic E-state index is 8.95. The standard InChI is InChI=1S/C19H22N4O/c1-13-12-23(8-6-17(13)22-19(11-20)21-3)14(2)16-5-4-15-7-9-24-18(15)10-16/h4-5,10,14H,3,6-9,12H2,1-2H3/b22-19-. The topological polar surface area (TPSA) is 61.0 Å². The van der Waals surface area contributed by atoms with Gasteiger partial charge in [0.1, 0.15) is 11.8 Å². The fraction of sp³-hybridized carbons (Fsp3) is 0.421. The van der Waals surface area contributed by atoms with Gasteiger partial charge in [-0.2, -0.15) is 5.26 Å². The monoisotopic (exact) mass is 322 g/mol. The maximum atomic E-state index is 8.95. The van der Waals surface area contributed by atoms with Crippen molar-refractivity contribution in [1.82, 2.24) is 4.90 Å². The predicted octanol–water partition coefficient (Wildman–Crippen LogP) is 3.28. The van der Waals surface area contributed by atoms with Crippen LogP contribution in [0.4, 0.5) is 0 Å². The molecule has 1 atom stereocenters. The van der Waals surface area contributed by atoms with Gasteiger partial charge in [0, 0.05) is 37.7 Å². The first-order valence-corrected chi connectivity index (χ1v) is 8.26. The lowest BCUT2D eigenvalue weighted by molar-refractivity contribution is 0.219. The Morgan fingerprint density at radius 3 is 2.96 bits per heavy atom. The number of aliphatic imine (C=N–C) groups is 2. The summed E-state index contributed by atoms with van der Waals surface area (Å²) < 4.78 is 5.69. The largest absolute Gasteiger partial charge is 0.493 e. The van der Waals surface area contributed by atoms with Gasteiger partial charge < -0.3 is 4.74 Å². The molecule has 24 heavy (non-hydrogen) atoms. The van der Waals surface area contributed by atoms with Crippen LogP contribution in [0, 0.1) is 11.3 Å². The molecule has 2 heterocycles. The fourth-order valence-electron chi connectivity index (χ4n) is 3.30. The van der Waals surface area contributed by atoms with Gasteiger partial charge in [0.25, 0.3) is 0 Å². The van der Waals surface area contributed by atoms with Crippen molar-refractivity contribution in [2.45, 2.75) is 32.7 Å². The Bertz CT molecular complexity index is 757. The Hall–Kier alpha value is -2.45. The van der Waals surface area contributed by atoms with Crippen molar-refractivity contribution in [3.63, 3.8) is 0 Å². The van der Waals surface area contributed by atoms with Gasteiger partial charge in [-0.05, 0) is 43.3 Å². The van der Waals surface area contributed by atoms with E-state index in [1.807, 2.05) is 6.07 Å². The second-order valence-corrected chi connectivity index (χ2v) is 6.29. The van der Waals surface area contributed by atoms with Crippen molar-refractivity contribution in [2.24, 2.45) is 9.98 Å². The lowest BCUT2D eigenvalue weighted by atomic mass is 10.00. The van der Waals surface area contributed by atoms with Gasteiger partial charge in [-0.15, -0.1) is 0 Å². The third-order valence-electron chi connectivity index (χ3n) is 4.81. The summed E-state index contributed by atoms with van der Waals surface area (Å²) in [4.78, 5) is 10.4. The molecule has 0 N–H and O–H groups in total. The third-order valence-corrected chi connectivity index (χ3v) is 4.81. The molecule has 3 rings (SSSR count). The van der Waals surface area contributed by atoms with Crippen LogP contribution in [0.3, 0.4) is 0 Å². The van der Waals surface area contributed by atoms with Crippen LogP contribution in [0.25, 0.3) is 0 Å². The second kappa shape index (κ2) is 6.98. The van der Waals surface area contributed by atoms with Crippen LogP contribution in [-0.2, 0) is 6.42 Å². The molecular formula is C19H22N4O. The molecule has 0 bridgehead atoms. The van der Waals surface area contributed by atoms with Crippen LogP contribution in [0.2, 0.25) is 0 Å². The van der Waals surface area contributed by atoms with E-state index in [4.69, 9.17) is 10.00 Å². The van der Waals surface area contributed by atoms with E-state index in [9.17, 15) is 0 Å². The minimum absolute atomic E-state index is 0.140. The molecule has 0 aliphatic carbocycles. The van der Waals surface area contributed by atoms with Crippen LogP contribution in [-0.4, -0.2) is 37.1 Å². The molecule has 2 aliphatic rings. The first kappa shape index (κ1) is 16.4. The smallest absolute Gasteiger partial charge is 0.231 e. The summed E-state index contributed by atoms with van der Waals surface area (Å²) in [7, 11) is 0. The lowest BCUT2D eigenvalue weighted by Gasteiger charge is -2.33. The highest BCUT2D eigenvalue weighted by molar-refractivity contribution is 5.99. The Kier molecular flexibility index (Phi) is 4.77. The fourth-order valence-corrected chi connectivity index (χ4v) is 3.30. The number of amidine groups is 1. The molecule has 0 spiro atoms. The van der Waals surface area contributed by atoms with Gasteiger partial charge in [-0.25, -0.2) is 9.98 Å². The molecule has 1 aromatic rings. The van der Waals surface area contributed by atoms with Crippen LogP contribution in [0.5, 0.6) is 5.75 Å². The van der Waals surface area contributed by atoms with E-state index >= 15 is 0 Å². The summed E-state index contributed by atoms with van der Waals surface area (Å²) in [5.41, 5.74) is 4.72. The zero-order valence-corrected chi connectivity index (χ0v) is 14.2. The van der Waals surface area contributed by atoms with Gasteiger partial charge in [0.05, 0.1) is 6.61 Å². The van der Waals surface area contributed by atoms with E-state index in [2.05, 4.69) is 53.6 Å². The normalized spacial score (nSPS) is 19.5.